The van der Waals surface area contributed by atoms with Gasteiger partial charge in [-0.05, 0) is 40.5 Å². The van der Waals surface area contributed by atoms with Crippen LogP contribution in [0.3, 0.4) is 0 Å². The number of halogens is 2. The normalized spacial score (nSPS) is 12.0. The van der Waals surface area contributed by atoms with Crippen molar-refractivity contribution in [3.05, 3.63) is 27.1 Å². The molecule has 0 aromatic heterocycles. The largest absolute Gasteiger partial charge is 0.483 e. The zero-order chi connectivity index (χ0) is 14.3. The first-order valence-electron chi connectivity index (χ1n) is 6.05. The summed E-state index contributed by atoms with van der Waals surface area (Å²) in [5.41, 5.74) is 0. The van der Waals surface area contributed by atoms with Crippen molar-refractivity contribution in [3.8, 4) is 5.75 Å². The third kappa shape index (κ3) is 6.40. The minimum Gasteiger partial charge on any atom is -0.483 e. The second-order valence-electron chi connectivity index (χ2n) is 4.11. The maximum absolute atomic E-state index is 11.5. The van der Waals surface area contributed by atoms with Crippen molar-refractivity contribution in [1.82, 2.24) is 5.32 Å². The second kappa shape index (κ2) is 8.55. The second-order valence-corrected chi connectivity index (χ2v) is 5.88. The highest BCUT2D eigenvalue weighted by molar-refractivity contribution is 9.11. The number of carbonyl (C=O) groups excluding carboxylic acids is 1. The molecule has 1 rings (SSSR count). The van der Waals surface area contributed by atoms with E-state index < -0.39 is 6.10 Å². The number of hydrogen-bond donors (Lipinski definition) is 2. The molecule has 4 nitrogen and oxygen atoms in total. The molecule has 0 heterocycles. The first-order valence-corrected chi connectivity index (χ1v) is 7.64. The lowest BCUT2D eigenvalue weighted by atomic mass is 10.2. The van der Waals surface area contributed by atoms with E-state index in [1.54, 1.807) is 6.07 Å². The zero-order valence-electron chi connectivity index (χ0n) is 10.7. The molecule has 0 aliphatic rings. The predicted molar refractivity (Wildman–Crippen MR) is 81.3 cm³/mol. The van der Waals surface area contributed by atoms with Crippen molar-refractivity contribution >= 4 is 37.8 Å². The Morgan fingerprint density at radius 2 is 2.21 bits per heavy atom. The van der Waals surface area contributed by atoms with Gasteiger partial charge in [0.15, 0.2) is 6.61 Å². The van der Waals surface area contributed by atoms with Crippen LogP contribution in [0.4, 0.5) is 0 Å². The van der Waals surface area contributed by atoms with Crippen molar-refractivity contribution in [2.75, 3.05) is 13.2 Å². The minimum absolute atomic E-state index is 0.0704. The van der Waals surface area contributed by atoms with E-state index in [4.69, 9.17) is 4.74 Å². The molecule has 0 spiro atoms. The molecular weight excluding hydrogens is 378 g/mol. The highest BCUT2D eigenvalue weighted by Gasteiger charge is 2.08. The molecule has 1 unspecified atom stereocenters. The van der Waals surface area contributed by atoms with Gasteiger partial charge in [-0.2, -0.15) is 0 Å². The summed E-state index contributed by atoms with van der Waals surface area (Å²) in [4.78, 5) is 11.5. The van der Waals surface area contributed by atoms with E-state index in [0.717, 1.165) is 15.4 Å². The topological polar surface area (TPSA) is 58.6 Å². The third-order valence-electron chi connectivity index (χ3n) is 2.41. The van der Waals surface area contributed by atoms with Crippen LogP contribution in [-0.4, -0.2) is 30.3 Å². The van der Waals surface area contributed by atoms with Gasteiger partial charge < -0.3 is 15.2 Å². The van der Waals surface area contributed by atoms with E-state index in [9.17, 15) is 9.90 Å². The van der Waals surface area contributed by atoms with Crippen molar-refractivity contribution < 1.29 is 14.6 Å². The molecule has 0 aliphatic heterocycles. The van der Waals surface area contributed by atoms with Gasteiger partial charge in [-0.1, -0.05) is 29.3 Å². The molecule has 0 saturated carbocycles. The number of aliphatic hydroxyl groups excluding tert-OH is 1. The molecule has 2 N–H and O–H groups in total. The highest BCUT2D eigenvalue weighted by Crippen LogP contribution is 2.27. The van der Waals surface area contributed by atoms with Gasteiger partial charge in [0.1, 0.15) is 5.75 Å². The molecule has 1 amide bonds. The summed E-state index contributed by atoms with van der Waals surface area (Å²) >= 11 is 6.69. The Balaban J connectivity index is 2.33. The first kappa shape index (κ1) is 16.5. The molecule has 0 fully saturated rings. The summed E-state index contributed by atoms with van der Waals surface area (Å²) in [7, 11) is 0. The lowest BCUT2D eigenvalue weighted by Crippen LogP contribution is -2.35. The summed E-state index contributed by atoms with van der Waals surface area (Å²) in [5, 5.41) is 12.1. The Bertz CT molecular complexity index is 426. The summed E-state index contributed by atoms with van der Waals surface area (Å²) < 4.78 is 7.09. The van der Waals surface area contributed by atoms with Crippen LogP contribution in [0.2, 0.25) is 0 Å². The molecule has 0 bridgehead atoms. The Morgan fingerprint density at radius 3 is 2.84 bits per heavy atom. The van der Waals surface area contributed by atoms with Crippen molar-refractivity contribution in [2.24, 2.45) is 0 Å². The number of aliphatic hydroxyl groups is 1. The van der Waals surface area contributed by atoms with Crippen molar-refractivity contribution in [2.45, 2.75) is 25.9 Å². The third-order valence-corrected chi connectivity index (χ3v) is 3.52. The summed E-state index contributed by atoms with van der Waals surface area (Å²) in [5.74, 6) is 0.359. The van der Waals surface area contributed by atoms with Gasteiger partial charge in [0.25, 0.3) is 5.91 Å². The predicted octanol–water partition coefficient (Wildman–Crippen LogP) is 2.87. The molecule has 106 valence electrons. The molecule has 1 aromatic rings. The highest BCUT2D eigenvalue weighted by atomic mass is 79.9. The van der Waals surface area contributed by atoms with Crippen LogP contribution in [0.5, 0.6) is 5.75 Å². The minimum atomic E-state index is -0.492. The van der Waals surface area contributed by atoms with Crippen molar-refractivity contribution in [1.29, 1.82) is 0 Å². The monoisotopic (exact) mass is 393 g/mol. The Kier molecular flexibility index (Phi) is 7.41. The van der Waals surface area contributed by atoms with Crippen LogP contribution < -0.4 is 10.1 Å². The SMILES string of the molecule is CCCC(O)CNC(=O)COc1ccc(Br)cc1Br. The smallest absolute Gasteiger partial charge is 0.258 e. The van der Waals surface area contributed by atoms with E-state index >= 15 is 0 Å². The maximum atomic E-state index is 11.5. The van der Waals surface area contributed by atoms with E-state index in [-0.39, 0.29) is 19.1 Å². The van der Waals surface area contributed by atoms with Gasteiger partial charge in [-0.15, -0.1) is 0 Å². The molecule has 0 saturated heterocycles. The lowest BCUT2D eigenvalue weighted by Gasteiger charge is -2.12. The molecule has 0 aliphatic carbocycles. The number of ether oxygens (including phenoxy) is 1. The van der Waals surface area contributed by atoms with Crippen molar-refractivity contribution in [3.63, 3.8) is 0 Å². The Labute approximate surface area is 129 Å². The van der Waals surface area contributed by atoms with Gasteiger partial charge >= 0.3 is 0 Å². The fourth-order valence-electron chi connectivity index (χ4n) is 1.45. The number of benzene rings is 1. The van der Waals surface area contributed by atoms with Crippen LogP contribution in [0.25, 0.3) is 0 Å². The summed E-state index contributed by atoms with van der Waals surface area (Å²) in [6, 6.07) is 5.45. The zero-order valence-corrected chi connectivity index (χ0v) is 13.8. The first-order chi connectivity index (χ1) is 9.02. The maximum Gasteiger partial charge on any atom is 0.258 e. The number of nitrogens with one attached hydrogen (secondary N) is 1. The summed E-state index contributed by atoms with van der Waals surface area (Å²) in [6.45, 7) is 2.18. The van der Waals surface area contributed by atoms with Gasteiger partial charge in [-0.25, -0.2) is 0 Å². The standard InChI is InChI=1S/C13H17Br2NO3/c1-2-3-10(17)7-16-13(18)8-19-12-5-4-9(14)6-11(12)15/h4-6,10,17H,2-3,7-8H2,1H3,(H,16,18). The number of rotatable bonds is 7. The van der Waals surface area contributed by atoms with E-state index in [1.807, 2.05) is 19.1 Å². The molecule has 1 aromatic carbocycles. The quantitative estimate of drug-likeness (QED) is 0.747. The van der Waals surface area contributed by atoms with Gasteiger partial charge in [0.2, 0.25) is 0 Å². The van der Waals surface area contributed by atoms with Gasteiger partial charge in [-0.3, -0.25) is 4.79 Å². The van der Waals surface area contributed by atoms with Crippen LogP contribution in [0.1, 0.15) is 19.8 Å². The molecule has 0 radical (unpaired) electrons. The van der Waals surface area contributed by atoms with Crippen LogP contribution in [-0.2, 0) is 4.79 Å². The van der Waals surface area contributed by atoms with E-state index in [2.05, 4.69) is 37.2 Å². The molecule has 19 heavy (non-hydrogen) atoms. The number of hydrogen-bond acceptors (Lipinski definition) is 3. The molecule has 6 heteroatoms. The Hall–Kier alpha value is -0.590. The van der Waals surface area contributed by atoms with Gasteiger partial charge in [0, 0.05) is 11.0 Å². The average Bonchev–Trinajstić information content (AvgIpc) is 2.35. The van der Waals surface area contributed by atoms with Crippen LogP contribution >= 0.6 is 31.9 Å². The molecule has 1 atom stereocenters. The fourth-order valence-corrected chi connectivity index (χ4v) is 2.62. The fraction of sp³-hybridized carbons (Fsp3) is 0.462. The van der Waals surface area contributed by atoms with E-state index in [1.165, 1.54) is 0 Å². The number of carbonyl (C=O) groups is 1. The van der Waals surface area contributed by atoms with Gasteiger partial charge in [0.05, 0.1) is 10.6 Å². The van der Waals surface area contributed by atoms with E-state index in [0.29, 0.717) is 12.2 Å². The van der Waals surface area contributed by atoms with Crippen LogP contribution in [0, 0.1) is 0 Å². The van der Waals surface area contributed by atoms with Crippen LogP contribution in [0.15, 0.2) is 27.1 Å². The lowest BCUT2D eigenvalue weighted by molar-refractivity contribution is -0.123. The summed E-state index contributed by atoms with van der Waals surface area (Å²) in [6.07, 6.45) is 1.08. The average molecular weight is 395 g/mol. The Morgan fingerprint density at radius 1 is 1.47 bits per heavy atom. The molecular formula is C13H17Br2NO3. The number of amides is 1.